The molecule has 1 N–H and O–H groups in total. The van der Waals surface area contributed by atoms with Crippen LogP contribution in [0, 0.1) is 0 Å². The Morgan fingerprint density at radius 3 is 2.68 bits per heavy atom. The van der Waals surface area contributed by atoms with Gasteiger partial charge in [-0.15, -0.1) is 11.3 Å². The van der Waals surface area contributed by atoms with Crippen LogP contribution in [0.3, 0.4) is 0 Å². The summed E-state index contributed by atoms with van der Waals surface area (Å²) in [5.74, 6) is -0.262. The number of aromatic nitrogens is 1. The number of aldehydes is 1. The Morgan fingerprint density at radius 2 is 2.00 bits per heavy atom. The number of carbonyl (C=O) groups excluding carboxylic acids is 2. The summed E-state index contributed by atoms with van der Waals surface area (Å²) in [5, 5.41) is 3.44. The highest BCUT2D eigenvalue weighted by Crippen LogP contribution is 2.29. The predicted octanol–water partition coefficient (Wildman–Crippen LogP) is 3.09. The van der Waals surface area contributed by atoms with Crippen LogP contribution < -0.4 is 10.7 Å². The molecule has 164 valence electrons. The van der Waals surface area contributed by atoms with Crippen molar-refractivity contribution in [2.24, 2.45) is 7.05 Å². The molecule has 0 unspecified atom stereocenters. The number of aryl methyl sites for hydroxylation is 1. The molecule has 1 amide bonds. The van der Waals surface area contributed by atoms with Gasteiger partial charge in [-0.2, -0.15) is 0 Å². The molecular formula is C22H23ClN2O5S. The van der Waals surface area contributed by atoms with Gasteiger partial charge in [-0.3, -0.25) is 14.4 Å². The summed E-state index contributed by atoms with van der Waals surface area (Å²) in [6, 6.07) is 7.17. The van der Waals surface area contributed by atoms with E-state index in [1.165, 1.54) is 0 Å². The van der Waals surface area contributed by atoms with Gasteiger partial charge in [0.1, 0.15) is 0 Å². The zero-order chi connectivity index (χ0) is 22.4. The summed E-state index contributed by atoms with van der Waals surface area (Å²) in [7, 11) is 3.37. The van der Waals surface area contributed by atoms with Gasteiger partial charge < -0.3 is 19.4 Å². The predicted molar refractivity (Wildman–Crippen MR) is 121 cm³/mol. The van der Waals surface area contributed by atoms with Crippen molar-refractivity contribution in [3.05, 3.63) is 67.3 Å². The van der Waals surface area contributed by atoms with E-state index in [9.17, 15) is 14.4 Å². The summed E-state index contributed by atoms with van der Waals surface area (Å²) in [6.45, 7) is 1.36. The van der Waals surface area contributed by atoms with Crippen LogP contribution in [-0.4, -0.2) is 37.1 Å². The molecule has 2 aromatic heterocycles. The van der Waals surface area contributed by atoms with Gasteiger partial charge in [0.2, 0.25) is 11.3 Å². The minimum atomic E-state index is -0.262. The van der Waals surface area contributed by atoms with E-state index >= 15 is 0 Å². The molecule has 0 aliphatic heterocycles. The Bertz CT molecular complexity index is 1140. The standard InChI is InChI=1S/C22H23ClN2O5S/c1-25-11-15(9-19(27)24-10-14-3-5-16(23)6-4-14)21(28)22-20(25)17(18(12-26)31-22)13-30-8-7-29-2/h3-6,11-12H,7-10,13H2,1-2H3,(H,24,27). The molecule has 0 saturated heterocycles. The van der Waals surface area contributed by atoms with Crippen molar-refractivity contribution in [1.82, 2.24) is 9.88 Å². The number of hydrogen-bond acceptors (Lipinski definition) is 6. The number of rotatable bonds is 10. The minimum absolute atomic E-state index is 0.0514. The van der Waals surface area contributed by atoms with Crippen LogP contribution in [0.25, 0.3) is 10.2 Å². The van der Waals surface area contributed by atoms with Crippen LogP contribution in [0.4, 0.5) is 0 Å². The van der Waals surface area contributed by atoms with Crippen molar-refractivity contribution in [3.8, 4) is 0 Å². The van der Waals surface area contributed by atoms with Crippen molar-refractivity contribution in [3.63, 3.8) is 0 Å². The van der Waals surface area contributed by atoms with Crippen LogP contribution in [0.1, 0.15) is 26.4 Å². The second-order valence-electron chi connectivity index (χ2n) is 6.96. The van der Waals surface area contributed by atoms with Gasteiger partial charge in [0, 0.05) is 43.0 Å². The average molecular weight is 463 g/mol. The van der Waals surface area contributed by atoms with Gasteiger partial charge in [-0.05, 0) is 17.7 Å². The third-order valence-corrected chi connectivity index (χ3v) is 6.15. The fraction of sp³-hybridized carbons (Fsp3) is 0.318. The number of nitrogens with one attached hydrogen (secondary N) is 1. The molecule has 0 radical (unpaired) electrons. The quantitative estimate of drug-likeness (QED) is 0.369. The number of carbonyl (C=O) groups is 2. The third-order valence-electron chi connectivity index (χ3n) is 4.75. The maximum absolute atomic E-state index is 13.0. The Balaban J connectivity index is 1.79. The zero-order valence-corrected chi connectivity index (χ0v) is 18.8. The molecular weight excluding hydrogens is 440 g/mol. The van der Waals surface area contributed by atoms with E-state index in [-0.39, 0.29) is 24.4 Å². The molecule has 0 bridgehead atoms. The van der Waals surface area contributed by atoms with Crippen molar-refractivity contribution in [2.45, 2.75) is 19.6 Å². The van der Waals surface area contributed by atoms with Gasteiger partial charge in [0.05, 0.1) is 41.3 Å². The lowest BCUT2D eigenvalue weighted by Crippen LogP contribution is -2.27. The third kappa shape index (κ3) is 5.59. The average Bonchev–Trinajstić information content (AvgIpc) is 3.14. The number of hydrogen-bond donors (Lipinski definition) is 1. The Morgan fingerprint density at radius 1 is 1.26 bits per heavy atom. The van der Waals surface area contributed by atoms with Gasteiger partial charge in [-0.1, -0.05) is 23.7 Å². The molecule has 0 fully saturated rings. The summed E-state index contributed by atoms with van der Waals surface area (Å²) >= 11 is 6.99. The molecule has 3 rings (SSSR count). The first-order valence-electron chi connectivity index (χ1n) is 9.61. The number of thiophene rings is 1. The van der Waals surface area contributed by atoms with E-state index in [1.54, 1.807) is 37.1 Å². The molecule has 2 heterocycles. The number of pyridine rings is 1. The van der Waals surface area contributed by atoms with Gasteiger partial charge in [0.15, 0.2) is 6.29 Å². The smallest absolute Gasteiger partial charge is 0.224 e. The number of ether oxygens (including phenoxy) is 2. The Kier molecular flexibility index (Phi) is 7.97. The maximum atomic E-state index is 13.0. The fourth-order valence-electron chi connectivity index (χ4n) is 3.22. The number of fused-ring (bicyclic) bond motifs is 1. The second kappa shape index (κ2) is 10.7. The Hall–Kier alpha value is -2.52. The molecule has 0 spiro atoms. The number of amides is 1. The number of halogens is 1. The summed E-state index contributed by atoms with van der Waals surface area (Å²) in [6.07, 6.45) is 2.33. The topological polar surface area (TPSA) is 86.6 Å². The van der Waals surface area contributed by atoms with Crippen molar-refractivity contribution in [1.29, 1.82) is 0 Å². The SMILES string of the molecule is COCCOCc1c(C=O)sc2c(=O)c(CC(=O)NCc3ccc(Cl)cc3)cn(C)c12. The van der Waals surface area contributed by atoms with Crippen LogP contribution in [0.15, 0.2) is 35.3 Å². The minimum Gasteiger partial charge on any atom is -0.382 e. The molecule has 31 heavy (non-hydrogen) atoms. The van der Waals surface area contributed by atoms with Crippen LogP contribution in [-0.2, 0) is 40.9 Å². The van der Waals surface area contributed by atoms with Crippen molar-refractivity contribution >= 4 is 45.3 Å². The maximum Gasteiger partial charge on any atom is 0.224 e. The summed E-state index contributed by atoms with van der Waals surface area (Å²) < 4.78 is 12.8. The molecule has 0 atom stereocenters. The molecule has 9 heteroatoms. The van der Waals surface area contributed by atoms with E-state index in [0.29, 0.717) is 51.0 Å². The van der Waals surface area contributed by atoms with E-state index in [2.05, 4.69) is 5.32 Å². The highest BCUT2D eigenvalue weighted by molar-refractivity contribution is 7.20. The van der Waals surface area contributed by atoms with E-state index in [1.807, 2.05) is 12.1 Å². The normalized spacial score (nSPS) is 11.1. The monoisotopic (exact) mass is 462 g/mol. The van der Waals surface area contributed by atoms with E-state index in [0.717, 1.165) is 23.2 Å². The lowest BCUT2D eigenvalue weighted by atomic mass is 10.1. The zero-order valence-electron chi connectivity index (χ0n) is 17.3. The highest BCUT2D eigenvalue weighted by Gasteiger charge is 2.19. The molecule has 7 nitrogen and oxygen atoms in total. The number of nitrogens with zero attached hydrogens (tertiary/aromatic N) is 1. The summed E-state index contributed by atoms with van der Waals surface area (Å²) in [5.41, 5.74) is 2.36. The van der Waals surface area contributed by atoms with E-state index < -0.39 is 0 Å². The molecule has 0 aliphatic carbocycles. The molecule has 1 aromatic carbocycles. The lowest BCUT2D eigenvalue weighted by Gasteiger charge is -2.10. The molecule has 3 aromatic rings. The summed E-state index contributed by atoms with van der Waals surface area (Å²) in [4.78, 5) is 37.4. The lowest BCUT2D eigenvalue weighted by molar-refractivity contribution is -0.120. The van der Waals surface area contributed by atoms with Crippen molar-refractivity contribution in [2.75, 3.05) is 20.3 Å². The first-order valence-corrected chi connectivity index (χ1v) is 10.8. The fourth-order valence-corrected chi connectivity index (χ4v) is 4.48. The largest absolute Gasteiger partial charge is 0.382 e. The number of benzene rings is 1. The van der Waals surface area contributed by atoms with Crippen LogP contribution in [0.2, 0.25) is 5.02 Å². The van der Waals surface area contributed by atoms with Crippen molar-refractivity contribution < 1.29 is 19.1 Å². The highest BCUT2D eigenvalue weighted by atomic mass is 35.5. The van der Waals surface area contributed by atoms with Gasteiger partial charge in [0.25, 0.3) is 0 Å². The van der Waals surface area contributed by atoms with E-state index in [4.69, 9.17) is 21.1 Å². The molecule has 0 saturated carbocycles. The van der Waals surface area contributed by atoms with Gasteiger partial charge >= 0.3 is 0 Å². The van der Waals surface area contributed by atoms with Gasteiger partial charge in [-0.25, -0.2) is 0 Å². The van der Waals surface area contributed by atoms with Crippen LogP contribution >= 0.6 is 22.9 Å². The first kappa shape index (κ1) is 23.1. The Labute approximate surface area is 188 Å². The van der Waals surface area contributed by atoms with Crippen LogP contribution in [0.5, 0.6) is 0 Å². The molecule has 0 aliphatic rings. The number of methoxy groups -OCH3 is 1. The second-order valence-corrected chi connectivity index (χ2v) is 8.45. The first-order chi connectivity index (χ1) is 14.9.